The highest BCUT2D eigenvalue weighted by Crippen LogP contribution is 2.29. The van der Waals surface area contributed by atoms with E-state index in [1.807, 2.05) is 28.0 Å². The molecule has 3 rings (SSSR count). The molecule has 150 valence electrons. The summed E-state index contributed by atoms with van der Waals surface area (Å²) in [5, 5.41) is 11.0. The van der Waals surface area contributed by atoms with Crippen LogP contribution < -0.4 is 9.19 Å². The van der Waals surface area contributed by atoms with E-state index in [4.69, 9.17) is 9.44 Å². The van der Waals surface area contributed by atoms with Crippen LogP contribution in [0.2, 0.25) is 0 Å². The Balaban J connectivity index is 1.88. The molecule has 10 heteroatoms. The third kappa shape index (κ3) is 4.95. The zero-order valence-electron chi connectivity index (χ0n) is 15.7. The van der Waals surface area contributed by atoms with Gasteiger partial charge in [0.1, 0.15) is 6.33 Å². The van der Waals surface area contributed by atoms with E-state index in [2.05, 4.69) is 27.0 Å². The summed E-state index contributed by atoms with van der Waals surface area (Å²) in [6.07, 6.45) is 5.17. The number of hydrogen-bond donors (Lipinski definition) is 0. The molecule has 0 fully saturated rings. The zero-order valence-corrected chi connectivity index (χ0v) is 18.1. The molecule has 0 unspecified atom stereocenters. The Hall–Kier alpha value is -2.87. The monoisotopic (exact) mass is 475 g/mol. The summed E-state index contributed by atoms with van der Waals surface area (Å²) >= 11 is 3.38. The van der Waals surface area contributed by atoms with Crippen molar-refractivity contribution in [2.75, 3.05) is 19.1 Å². The molecule has 0 aliphatic heterocycles. The minimum Gasteiger partial charge on any atom is -0.370 e. The van der Waals surface area contributed by atoms with Gasteiger partial charge in [-0.25, -0.2) is 9.66 Å². The predicted molar refractivity (Wildman–Crippen MR) is 112 cm³/mol. The Kier molecular flexibility index (Phi) is 6.22. The van der Waals surface area contributed by atoms with Gasteiger partial charge in [-0.1, -0.05) is 6.07 Å². The Morgan fingerprint density at radius 2 is 1.93 bits per heavy atom. The minimum absolute atomic E-state index is 0.204. The van der Waals surface area contributed by atoms with E-state index in [1.165, 1.54) is 14.1 Å². The fraction of sp³-hybridized carbons (Fsp3) is 0.158. The molecular weight excluding hydrogens is 458 g/mol. The molecule has 0 saturated carbocycles. The van der Waals surface area contributed by atoms with Crippen LogP contribution in [0.3, 0.4) is 0 Å². The third-order valence-corrected chi connectivity index (χ3v) is 5.94. The van der Waals surface area contributed by atoms with Gasteiger partial charge in [-0.2, -0.15) is 18.0 Å². The van der Waals surface area contributed by atoms with Crippen LogP contribution in [0.4, 0.5) is 5.69 Å². The highest BCUT2D eigenvalue weighted by atomic mass is 79.9. The molecule has 0 aliphatic carbocycles. The Morgan fingerprint density at radius 3 is 2.48 bits per heavy atom. The van der Waals surface area contributed by atoms with Gasteiger partial charge in [0.15, 0.2) is 5.75 Å². The van der Waals surface area contributed by atoms with Gasteiger partial charge in [0.25, 0.3) is 0 Å². The summed E-state index contributed by atoms with van der Waals surface area (Å²) in [5.41, 5.74) is 2.35. The van der Waals surface area contributed by atoms with E-state index in [0.29, 0.717) is 16.6 Å². The fourth-order valence-electron chi connectivity index (χ4n) is 2.48. The first-order chi connectivity index (χ1) is 13.8. The minimum atomic E-state index is -3.84. The predicted octanol–water partition coefficient (Wildman–Crippen LogP) is 3.17. The normalized spacial score (nSPS) is 11.3. The number of nitriles is 1. The number of imidazole rings is 1. The van der Waals surface area contributed by atoms with Gasteiger partial charge in [-0.15, -0.1) is 0 Å². The molecule has 0 radical (unpaired) electrons. The Bertz CT molecular complexity index is 1120. The number of hydrogen-bond acceptors (Lipinski definition) is 6. The van der Waals surface area contributed by atoms with E-state index >= 15 is 0 Å². The molecule has 1 aromatic heterocycles. The lowest BCUT2D eigenvalue weighted by Crippen LogP contribution is -2.28. The molecule has 3 aromatic rings. The molecule has 0 spiro atoms. The molecule has 0 N–H and O–H groups in total. The van der Waals surface area contributed by atoms with Crippen LogP contribution in [0.25, 0.3) is 0 Å². The number of rotatable bonds is 7. The van der Waals surface area contributed by atoms with Gasteiger partial charge < -0.3 is 4.18 Å². The number of anilines is 1. The van der Waals surface area contributed by atoms with E-state index in [0.717, 1.165) is 15.6 Å². The second kappa shape index (κ2) is 8.65. The van der Waals surface area contributed by atoms with Crippen molar-refractivity contribution in [2.24, 2.45) is 0 Å². The average molecular weight is 476 g/mol. The Labute approximate surface area is 177 Å². The second-order valence-electron chi connectivity index (χ2n) is 6.25. The van der Waals surface area contributed by atoms with Gasteiger partial charge in [-0.05, 0) is 57.9 Å². The van der Waals surface area contributed by atoms with E-state index in [1.54, 1.807) is 42.9 Å². The molecule has 8 nitrogen and oxygen atoms in total. The first-order valence-electron chi connectivity index (χ1n) is 8.46. The third-order valence-electron chi connectivity index (χ3n) is 4.03. The summed E-state index contributed by atoms with van der Waals surface area (Å²) in [7, 11) is -1.04. The summed E-state index contributed by atoms with van der Waals surface area (Å²) < 4.78 is 32.4. The van der Waals surface area contributed by atoms with Crippen molar-refractivity contribution in [1.29, 1.82) is 5.26 Å². The average Bonchev–Trinajstić information content (AvgIpc) is 3.22. The molecule has 0 atom stereocenters. The van der Waals surface area contributed by atoms with Crippen LogP contribution in [0, 0.1) is 11.3 Å². The maximum absolute atomic E-state index is 11.9. The first-order valence-corrected chi connectivity index (χ1v) is 10.6. The summed E-state index contributed by atoms with van der Waals surface area (Å²) in [6.45, 7) is 0.474. The zero-order chi connectivity index (χ0) is 21.0. The van der Waals surface area contributed by atoms with Crippen LogP contribution in [0.1, 0.15) is 11.1 Å². The fourth-order valence-corrected chi connectivity index (χ4v) is 3.62. The van der Waals surface area contributed by atoms with E-state index in [-0.39, 0.29) is 5.75 Å². The maximum Gasteiger partial charge on any atom is 0.384 e. The summed E-state index contributed by atoms with van der Waals surface area (Å²) in [4.78, 5) is 4.10. The van der Waals surface area contributed by atoms with E-state index in [9.17, 15) is 8.42 Å². The van der Waals surface area contributed by atoms with Crippen molar-refractivity contribution in [2.45, 2.75) is 6.54 Å². The number of halogens is 1. The number of aromatic nitrogens is 2. The van der Waals surface area contributed by atoms with Gasteiger partial charge in [0, 0.05) is 26.5 Å². The smallest absolute Gasteiger partial charge is 0.370 e. The SMILES string of the molecule is CN(C)S(=O)(=O)Oc1ccc(CN(c2ccc(C#N)cc2)n2ccnc2)cc1Br. The summed E-state index contributed by atoms with van der Waals surface area (Å²) in [6, 6.07) is 14.5. The van der Waals surface area contributed by atoms with Gasteiger partial charge in [-0.3, -0.25) is 5.01 Å². The molecule has 0 bridgehead atoms. The van der Waals surface area contributed by atoms with Crippen LogP contribution >= 0.6 is 15.9 Å². The highest BCUT2D eigenvalue weighted by Gasteiger charge is 2.18. The van der Waals surface area contributed by atoms with Crippen LogP contribution in [-0.4, -0.2) is 36.5 Å². The van der Waals surface area contributed by atoms with E-state index < -0.39 is 10.3 Å². The lowest BCUT2D eigenvalue weighted by Gasteiger charge is -2.26. The lowest BCUT2D eigenvalue weighted by atomic mass is 10.2. The van der Waals surface area contributed by atoms with Gasteiger partial charge in [0.05, 0.1) is 28.3 Å². The van der Waals surface area contributed by atoms with Crippen molar-refractivity contribution in [3.8, 4) is 11.8 Å². The van der Waals surface area contributed by atoms with Crippen molar-refractivity contribution in [3.63, 3.8) is 0 Å². The van der Waals surface area contributed by atoms with Crippen molar-refractivity contribution in [1.82, 2.24) is 14.0 Å². The highest BCUT2D eigenvalue weighted by molar-refractivity contribution is 9.10. The van der Waals surface area contributed by atoms with Gasteiger partial charge >= 0.3 is 10.3 Å². The molecule has 2 aromatic carbocycles. The molecule has 1 heterocycles. The van der Waals surface area contributed by atoms with Crippen molar-refractivity contribution in [3.05, 3.63) is 76.8 Å². The van der Waals surface area contributed by atoms with Gasteiger partial charge in [0.2, 0.25) is 0 Å². The maximum atomic E-state index is 11.9. The van der Waals surface area contributed by atoms with Crippen molar-refractivity contribution >= 4 is 31.9 Å². The summed E-state index contributed by atoms with van der Waals surface area (Å²) in [5.74, 6) is 0.204. The number of nitrogens with zero attached hydrogens (tertiary/aromatic N) is 5. The Morgan fingerprint density at radius 1 is 1.21 bits per heavy atom. The molecular formula is C19H18BrN5O3S. The molecule has 29 heavy (non-hydrogen) atoms. The first kappa shape index (κ1) is 20.9. The second-order valence-corrected chi connectivity index (χ2v) is 8.85. The molecule has 0 aliphatic rings. The molecule has 0 amide bonds. The quantitative estimate of drug-likeness (QED) is 0.520. The van der Waals surface area contributed by atoms with Crippen LogP contribution in [0.15, 0.2) is 65.7 Å². The topological polar surface area (TPSA) is 91.5 Å². The molecule has 0 saturated heterocycles. The van der Waals surface area contributed by atoms with Crippen molar-refractivity contribution < 1.29 is 12.6 Å². The largest absolute Gasteiger partial charge is 0.384 e. The van der Waals surface area contributed by atoms with Crippen LogP contribution in [0.5, 0.6) is 5.75 Å². The standard InChI is InChI=1S/C19H18BrN5O3S/c1-23(2)29(26,27)28-19-8-5-16(11-18(19)20)13-25(24-10-9-22-14-24)17-6-3-15(12-21)4-7-17/h3-11,14H,13H2,1-2H3. The van der Waals surface area contributed by atoms with Crippen LogP contribution in [-0.2, 0) is 16.8 Å². The number of benzene rings is 2. The lowest BCUT2D eigenvalue weighted by molar-refractivity contribution is 0.420.